The average Bonchev–Trinajstić information content (AvgIpc) is 2.57. The van der Waals surface area contributed by atoms with Gasteiger partial charge in [0.15, 0.2) is 0 Å². The number of hydrogen-bond donors (Lipinski definition) is 1. The molecule has 2 nitrogen and oxygen atoms in total. The molecule has 0 bridgehead atoms. The highest BCUT2D eigenvalue weighted by Gasteiger charge is 2.35. The van der Waals surface area contributed by atoms with Crippen molar-refractivity contribution >= 4 is 15.9 Å². The van der Waals surface area contributed by atoms with E-state index in [1.165, 1.54) is 5.56 Å². The second-order valence-electron chi connectivity index (χ2n) is 4.01. The van der Waals surface area contributed by atoms with Gasteiger partial charge in [-0.05, 0) is 39.2 Å². The van der Waals surface area contributed by atoms with Crippen molar-refractivity contribution in [2.75, 3.05) is 13.2 Å². The van der Waals surface area contributed by atoms with E-state index in [2.05, 4.69) is 21.2 Å². The van der Waals surface area contributed by atoms with Gasteiger partial charge in [-0.3, -0.25) is 0 Å². The van der Waals surface area contributed by atoms with Gasteiger partial charge in [0, 0.05) is 13.0 Å². The van der Waals surface area contributed by atoms with Gasteiger partial charge in [-0.2, -0.15) is 0 Å². The minimum absolute atomic E-state index is 0.177. The van der Waals surface area contributed by atoms with E-state index < -0.39 is 0 Å². The molecule has 1 aromatic carbocycles. The summed E-state index contributed by atoms with van der Waals surface area (Å²) in [6.45, 7) is 1.59. The summed E-state index contributed by atoms with van der Waals surface area (Å²) in [6, 6.07) is 3.66. The lowest BCUT2D eigenvalue weighted by atomic mass is 10.1. The van der Waals surface area contributed by atoms with Crippen LogP contribution >= 0.6 is 15.9 Å². The first kappa shape index (κ1) is 9.75. The fourth-order valence-corrected chi connectivity index (χ4v) is 2.82. The fourth-order valence-electron chi connectivity index (χ4n) is 2.43. The molecule has 2 atom stereocenters. The van der Waals surface area contributed by atoms with Gasteiger partial charge in [0.1, 0.15) is 5.82 Å². The minimum atomic E-state index is -0.193. The van der Waals surface area contributed by atoms with Crippen molar-refractivity contribution in [3.63, 3.8) is 0 Å². The van der Waals surface area contributed by atoms with Gasteiger partial charge in [0.2, 0.25) is 0 Å². The highest BCUT2D eigenvalue weighted by molar-refractivity contribution is 9.10. The highest BCUT2D eigenvalue weighted by atomic mass is 79.9. The monoisotopic (exact) mass is 271 g/mol. The Hall–Kier alpha value is -0.450. The van der Waals surface area contributed by atoms with E-state index in [9.17, 15) is 4.39 Å². The molecule has 1 heterocycles. The third kappa shape index (κ3) is 1.51. The maximum Gasteiger partial charge on any atom is 0.137 e. The van der Waals surface area contributed by atoms with Crippen molar-refractivity contribution in [3.05, 3.63) is 33.5 Å². The third-order valence-corrected chi connectivity index (χ3v) is 3.72. The Morgan fingerprint density at radius 3 is 3.20 bits per heavy atom. The van der Waals surface area contributed by atoms with Crippen LogP contribution in [0.25, 0.3) is 0 Å². The Morgan fingerprint density at radius 2 is 2.33 bits per heavy atom. The first-order valence-corrected chi connectivity index (χ1v) is 5.88. The first-order valence-electron chi connectivity index (χ1n) is 5.08. The molecule has 1 fully saturated rings. The van der Waals surface area contributed by atoms with Crippen LogP contribution in [-0.2, 0) is 11.2 Å². The zero-order chi connectivity index (χ0) is 10.4. The fraction of sp³-hybridized carbons (Fsp3) is 0.455. The molecule has 1 N–H and O–H groups in total. The quantitative estimate of drug-likeness (QED) is 0.781. The van der Waals surface area contributed by atoms with Crippen molar-refractivity contribution in [2.24, 2.45) is 0 Å². The van der Waals surface area contributed by atoms with Crippen LogP contribution in [0.1, 0.15) is 17.2 Å². The minimum Gasteiger partial charge on any atom is -0.375 e. The molecule has 15 heavy (non-hydrogen) atoms. The molecule has 0 saturated carbocycles. The molecule has 0 amide bonds. The van der Waals surface area contributed by atoms with E-state index in [-0.39, 0.29) is 18.0 Å². The van der Waals surface area contributed by atoms with Crippen LogP contribution in [0, 0.1) is 5.82 Å². The standard InChI is InChI=1S/C11H11BrFNO/c12-8-3-6-4-10-11(14-1-2-15-10)7(6)5-9(8)13/h3,5,10-11,14H,1-2,4H2/t10-,11+/m1/s1. The average molecular weight is 272 g/mol. The van der Waals surface area contributed by atoms with E-state index >= 15 is 0 Å². The summed E-state index contributed by atoms with van der Waals surface area (Å²) in [7, 11) is 0. The molecule has 1 aromatic rings. The third-order valence-electron chi connectivity index (χ3n) is 3.11. The van der Waals surface area contributed by atoms with Gasteiger partial charge in [-0.25, -0.2) is 4.39 Å². The van der Waals surface area contributed by atoms with Crippen LogP contribution in [0.4, 0.5) is 4.39 Å². The largest absolute Gasteiger partial charge is 0.375 e. The first-order chi connectivity index (χ1) is 7.25. The van der Waals surface area contributed by atoms with Crippen molar-refractivity contribution in [2.45, 2.75) is 18.6 Å². The molecule has 80 valence electrons. The smallest absolute Gasteiger partial charge is 0.137 e. The summed E-state index contributed by atoms with van der Waals surface area (Å²) >= 11 is 3.21. The molecule has 1 aliphatic heterocycles. The SMILES string of the molecule is Fc1cc2c(cc1Br)C[C@H]1OCCN[C@@H]21. The highest BCUT2D eigenvalue weighted by Crippen LogP contribution is 2.37. The lowest BCUT2D eigenvalue weighted by molar-refractivity contribution is 0.00501. The van der Waals surface area contributed by atoms with Crippen LogP contribution in [-0.4, -0.2) is 19.3 Å². The topological polar surface area (TPSA) is 21.3 Å². The van der Waals surface area contributed by atoms with Gasteiger partial charge in [-0.15, -0.1) is 0 Å². The second kappa shape index (κ2) is 3.54. The lowest BCUT2D eigenvalue weighted by Gasteiger charge is -2.27. The van der Waals surface area contributed by atoms with E-state index in [0.29, 0.717) is 4.47 Å². The van der Waals surface area contributed by atoms with E-state index in [4.69, 9.17) is 4.74 Å². The van der Waals surface area contributed by atoms with E-state index in [0.717, 1.165) is 25.1 Å². The van der Waals surface area contributed by atoms with Crippen molar-refractivity contribution in [1.82, 2.24) is 5.32 Å². The molecule has 0 unspecified atom stereocenters. The molecule has 0 spiro atoms. The number of morpholine rings is 1. The molecule has 0 radical (unpaired) electrons. The summed E-state index contributed by atoms with van der Waals surface area (Å²) in [6.07, 6.45) is 1.06. The second-order valence-corrected chi connectivity index (χ2v) is 4.86. The number of rotatable bonds is 0. The van der Waals surface area contributed by atoms with Crippen LogP contribution in [0.3, 0.4) is 0 Å². The van der Waals surface area contributed by atoms with Crippen LogP contribution in [0.2, 0.25) is 0 Å². The molecular formula is C11H11BrFNO. The Kier molecular flexibility index (Phi) is 2.30. The lowest BCUT2D eigenvalue weighted by Crippen LogP contribution is -2.39. The van der Waals surface area contributed by atoms with Gasteiger partial charge in [0.25, 0.3) is 0 Å². The van der Waals surface area contributed by atoms with Gasteiger partial charge < -0.3 is 10.1 Å². The summed E-state index contributed by atoms with van der Waals surface area (Å²) in [5.74, 6) is -0.193. The predicted octanol–water partition coefficient (Wildman–Crippen LogP) is 2.17. The van der Waals surface area contributed by atoms with Crippen LogP contribution in [0.5, 0.6) is 0 Å². The Bertz CT molecular complexity index is 410. The van der Waals surface area contributed by atoms with E-state index in [1.807, 2.05) is 6.07 Å². The number of hydrogen-bond acceptors (Lipinski definition) is 2. The Balaban J connectivity index is 2.04. The molecule has 1 saturated heterocycles. The summed E-state index contributed by atoms with van der Waals surface area (Å²) in [5.41, 5.74) is 2.24. The molecule has 2 aliphatic rings. The number of fused-ring (bicyclic) bond motifs is 3. The molecular weight excluding hydrogens is 261 g/mol. The summed E-state index contributed by atoms with van der Waals surface area (Å²) < 4.78 is 19.6. The summed E-state index contributed by atoms with van der Waals surface area (Å²) in [4.78, 5) is 0. The number of nitrogens with one attached hydrogen (secondary N) is 1. The van der Waals surface area contributed by atoms with Crippen LogP contribution in [0.15, 0.2) is 16.6 Å². The number of benzene rings is 1. The molecule has 4 heteroatoms. The van der Waals surface area contributed by atoms with E-state index in [1.54, 1.807) is 6.07 Å². The maximum atomic E-state index is 13.4. The normalized spacial score (nSPS) is 28.7. The van der Waals surface area contributed by atoms with Crippen molar-refractivity contribution in [1.29, 1.82) is 0 Å². The molecule has 0 aromatic heterocycles. The zero-order valence-corrected chi connectivity index (χ0v) is 9.68. The molecule has 1 aliphatic carbocycles. The zero-order valence-electron chi connectivity index (χ0n) is 8.09. The van der Waals surface area contributed by atoms with Crippen molar-refractivity contribution < 1.29 is 9.13 Å². The Morgan fingerprint density at radius 1 is 1.47 bits per heavy atom. The maximum absolute atomic E-state index is 13.4. The predicted molar refractivity (Wildman–Crippen MR) is 58.3 cm³/mol. The number of ether oxygens (including phenoxy) is 1. The Labute approximate surface area is 95.9 Å². The number of halogens is 2. The van der Waals surface area contributed by atoms with Gasteiger partial charge in [0.05, 0.1) is 23.2 Å². The van der Waals surface area contributed by atoms with Gasteiger partial charge >= 0.3 is 0 Å². The molecule has 3 rings (SSSR count). The van der Waals surface area contributed by atoms with Crippen LogP contribution < -0.4 is 5.32 Å². The van der Waals surface area contributed by atoms with Gasteiger partial charge in [-0.1, -0.05) is 0 Å². The van der Waals surface area contributed by atoms with Crippen molar-refractivity contribution in [3.8, 4) is 0 Å². The summed E-state index contributed by atoms with van der Waals surface area (Å²) in [5, 5.41) is 3.38.